The zero-order valence-electron chi connectivity index (χ0n) is 9.30. The van der Waals surface area contributed by atoms with Crippen molar-refractivity contribution in [1.82, 2.24) is 10.6 Å². The highest BCUT2D eigenvalue weighted by atomic mass is 19.1. The maximum Gasteiger partial charge on any atom is 0.257 e. The fraction of sp³-hybridized carbons (Fsp3) is 0.417. The fourth-order valence-electron chi connectivity index (χ4n) is 1.95. The molecule has 0 saturated carbocycles. The van der Waals surface area contributed by atoms with Gasteiger partial charge in [-0.25, -0.2) is 8.78 Å². The number of halogens is 2. The quantitative estimate of drug-likeness (QED) is 0.821. The third-order valence-corrected chi connectivity index (χ3v) is 2.82. The second-order valence-corrected chi connectivity index (χ2v) is 4.11. The Morgan fingerprint density at radius 2 is 2.06 bits per heavy atom. The van der Waals surface area contributed by atoms with Crippen LogP contribution in [0.2, 0.25) is 0 Å². The molecule has 1 aromatic carbocycles. The monoisotopic (exact) mass is 240 g/mol. The molecule has 1 aliphatic rings. The summed E-state index contributed by atoms with van der Waals surface area (Å²) in [4.78, 5) is 11.7. The van der Waals surface area contributed by atoms with Gasteiger partial charge in [0.2, 0.25) is 0 Å². The fourth-order valence-corrected chi connectivity index (χ4v) is 1.95. The molecule has 0 aromatic heterocycles. The predicted molar refractivity (Wildman–Crippen MR) is 59.7 cm³/mol. The first-order chi connectivity index (χ1) is 8.18. The van der Waals surface area contributed by atoms with Crippen LogP contribution >= 0.6 is 0 Å². The molecule has 1 aromatic rings. The van der Waals surface area contributed by atoms with Crippen LogP contribution in [0.15, 0.2) is 18.2 Å². The van der Waals surface area contributed by atoms with Gasteiger partial charge < -0.3 is 10.6 Å². The van der Waals surface area contributed by atoms with Crippen molar-refractivity contribution in [3.8, 4) is 0 Å². The molecular formula is C12H14F2N2O. The van der Waals surface area contributed by atoms with Crippen LogP contribution in [0.25, 0.3) is 0 Å². The Balaban J connectivity index is 2.08. The van der Waals surface area contributed by atoms with Gasteiger partial charge in [0.1, 0.15) is 17.2 Å². The van der Waals surface area contributed by atoms with Gasteiger partial charge in [-0.05, 0) is 31.5 Å². The molecular weight excluding hydrogens is 226 g/mol. The van der Waals surface area contributed by atoms with E-state index in [1.54, 1.807) is 0 Å². The zero-order valence-corrected chi connectivity index (χ0v) is 9.30. The van der Waals surface area contributed by atoms with E-state index in [1.807, 2.05) is 0 Å². The Hall–Kier alpha value is -1.49. The van der Waals surface area contributed by atoms with E-state index in [1.165, 1.54) is 6.07 Å². The average Bonchev–Trinajstić information content (AvgIpc) is 2.30. The van der Waals surface area contributed by atoms with Gasteiger partial charge >= 0.3 is 0 Å². The highest BCUT2D eigenvalue weighted by Crippen LogP contribution is 2.12. The van der Waals surface area contributed by atoms with Crippen LogP contribution in [0.4, 0.5) is 8.78 Å². The number of benzene rings is 1. The molecule has 1 heterocycles. The highest BCUT2D eigenvalue weighted by Gasteiger charge is 2.21. The van der Waals surface area contributed by atoms with E-state index in [4.69, 9.17) is 0 Å². The third kappa shape index (κ3) is 2.79. The summed E-state index contributed by atoms with van der Waals surface area (Å²) in [6.07, 6.45) is 1.78. The highest BCUT2D eigenvalue weighted by molar-refractivity contribution is 5.94. The van der Waals surface area contributed by atoms with Crippen LogP contribution in [0.3, 0.4) is 0 Å². The number of carbonyl (C=O) groups excluding carboxylic acids is 1. The smallest absolute Gasteiger partial charge is 0.257 e. The Bertz CT molecular complexity index is 397. The first kappa shape index (κ1) is 12.0. The summed E-state index contributed by atoms with van der Waals surface area (Å²) in [5.41, 5.74) is -0.502. The van der Waals surface area contributed by atoms with Crippen molar-refractivity contribution in [2.75, 3.05) is 13.1 Å². The maximum absolute atomic E-state index is 13.3. The molecule has 2 rings (SSSR count). The van der Waals surface area contributed by atoms with Gasteiger partial charge in [0, 0.05) is 12.6 Å². The molecule has 1 atom stereocenters. The number of amides is 1. The molecule has 1 saturated heterocycles. The normalized spacial score (nSPS) is 20.0. The predicted octanol–water partition coefficient (Wildman–Crippen LogP) is 1.45. The van der Waals surface area contributed by atoms with Gasteiger partial charge in [-0.2, -0.15) is 0 Å². The standard InChI is InChI=1S/C12H14F2N2O/c13-9-4-1-5-10(14)11(9)12(17)16-8-3-2-6-15-7-8/h1,4-5,8,15H,2-3,6-7H2,(H,16,17)/t8-/m1/s1. The van der Waals surface area contributed by atoms with Gasteiger partial charge in [-0.15, -0.1) is 0 Å². The third-order valence-electron chi connectivity index (χ3n) is 2.82. The summed E-state index contributed by atoms with van der Waals surface area (Å²) in [6, 6.07) is 3.34. The summed E-state index contributed by atoms with van der Waals surface area (Å²) in [5, 5.41) is 5.75. The molecule has 1 aliphatic heterocycles. The average molecular weight is 240 g/mol. The molecule has 17 heavy (non-hydrogen) atoms. The minimum Gasteiger partial charge on any atom is -0.348 e. The first-order valence-corrected chi connectivity index (χ1v) is 5.64. The second-order valence-electron chi connectivity index (χ2n) is 4.11. The molecule has 2 N–H and O–H groups in total. The van der Waals surface area contributed by atoms with Gasteiger partial charge in [-0.3, -0.25) is 4.79 Å². The molecule has 0 spiro atoms. The summed E-state index contributed by atoms with van der Waals surface area (Å²) in [5.74, 6) is -2.34. The number of hydrogen-bond donors (Lipinski definition) is 2. The van der Waals surface area contributed by atoms with E-state index >= 15 is 0 Å². The number of carbonyl (C=O) groups is 1. The lowest BCUT2D eigenvalue weighted by Gasteiger charge is -2.23. The molecule has 1 amide bonds. The molecule has 0 radical (unpaired) electrons. The number of piperidine rings is 1. The maximum atomic E-state index is 13.3. The van der Waals surface area contributed by atoms with Crippen molar-refractivity contribution in [3.63, 3.8) is 0 Å². The summed E-state index contributed by atoms with van der Waals surface area (Å²) in [7, 11) is 0. The lowest BCUT2D eigenvalue weighted by atomic mass is 10.1. The van der Waals surface area contributed by atoms with E-state index in [2.05, 4.69) is 10.6 Å². The van der Waals surface area contributed by atoms with E-state index in [0.717, 1.165) is 31.5 Å². The second kappa shape index (κ2) is 5.23. The van der Waals surface area contributed by atoms with Crippen molar-refractivity contribution >= 4 is 5.91 Å². The Labute approximate surface area is 98.2 Å². The molecule has 0 unspecified atom stereocenters. The molecule has 92 valence electrons. The molecule has 3 nitrogen and oxygen atoms in total. The SMILES string of the molecule is O=C(N[C@@H]1CCCNC1)c1c(F)cccc1F. The van der Waals surface area contributed by atoms with E-state index < -0.39 is 23.1 Å². The Kier molecular flexibility index (Phi) is 3.68. The van der Waals surface area contributed by atoms with Crippen molar-refractivity contribution in [1.29, 1.82) is 0 Å². The Morgan fingerprint density at radius 3 is 2.65 bits per heavy atom. The van der Waals surface area contributed by atoms with Crippen molar-refractivity contribution < 1.29 is 13.6 Å². The lowest BCUT2D eigenvalue weighted by Crippen LogP contribution is -2.46. The lowest BCUT2D eigenvalue weighted by molar-refractivity contribution is 0.0922. The van der Waals surface area contributed by atoms with Crippen molar-refractivity contribution in [3.05, 3.63) is 35.4 Å². The molecule has 0 aliphatic carbocycles. The zero-order chi connectivity index (χ0) is 12.3. The van der Waals surface area contributed by atoms with Crippen LogP contribution in [0.1, 0.15) is 23.2 Å². The number of nitrogens with one attached hydrogen (secondary N) is 2. The van der Waals surface area contributed by atoms with Gasteiger partial charge in [0.05, 0.1) is 0 Å². The minimum absolute atomic E-state index is 0.0599. The number of rotatable bonds is 2. The van der Waals surface area contributed by atoms with Crippen LogP contribution in [0.5, 0.6) is 0 Å². The minimum atomic E-state index is -0.828. The van der Waals surface area contributed by atoms with Crippen LogP contribution in [-0.2, 0) is 0 Å². The van der Waals surface area contributed by atoms with Crippen LogP contribution in [0, 0.1) is 11.6 Å². The Morgan fingerprint density at radius 1 is 1.35 bits per heavy atom. The van der Waals surface area contributed by atoms with E-state index in [0.29, 0.717) is 6.54 Å². The van der Waals surface area contributed by atoms with Gasteiger partial charge in [0.15, 0.2) is 0 Å². The summed E-state index contributed by atoms with van der Waals surface area (Å²) < 4.78 is 26.7. The van der Waals surface area contributed by atoms with E-state index in [9.17, 15) is 13.6 Å². The summed E-state index contributed by atoms with van der Waals surface area (Å²) >= 11 is 0. The van der Waals surface area contributed by atoms with Gasteiger partial charge in [0.25, 0.3) is 5.91 Å². The topological polar surface area (TPSA) is 41.1 Å². The first-order valence-electron chi connectivity index (χ1n) is 5.64. The molecule has 5 heteroatoms. The largest absolute Gasteiger partial charge is 0.348 e. The van der Waals surface area contributed by atoms with Crippen LogP contribution in [-0.4, -0.2) is 25.0 Å². The molecule has 0 bridgehead atoms. The van der Waals surface area contributed by atoms with Crippen molar-refractivity contribution in [2.24, 2.45) is 0 Å². The number of hydrogen-bond acceptors (Lipinski definition) is 2. The van der Waals surface area contributed by atoms with Crippen LogP contribution < -0.4 is 10.6 Å². The summed E-state index contributed by atoms with van der Waals surface area (Å²) in [6.45, 7) is 1.56. The molecule has 1 fully saturated rings. The van der Waals surface area contributed by atoms with E-state index in [-0.39, 0.29) is 6.04 Å². The van der Waals surface area contributed by atoms with Crippen molar-refractivity contribution in [2.45, 2.75) is 18.9 Å². The van der Waals surface area contributed by atoms with Gasteiger partial charge in [-0.1, -0.05) is 6.07 Å².